The molecule has 13 nitrogen and oxygen atoms in total. The van der Waals surface area contributed by atoms with Crippen molar-refractivity contribution in [3.63, 3.8) is 0 Å². The maximum absolute atomic E-state index is 13.8. The molecule has 2 saturated heterocycles. The molecule has 2 rings (SSSR count). The first kappa shape index (κ1) is 32.5. The molecule has 222 valence electrons. The number of hydrogen-bond donors (Lipinski definition) is 5. The summed E-state index contributed by atoms with van der Waals surface area (Å²) in [4.78, 5) is 65.6. The van der Waals surface area contributed by atoms with E-state index in [1.165, 1.54) is 11.8 Å². The molecule has 2 fully saturated rings. The molecule has 0 unspecified atom stereocenters. The molecule has 2 aliphatic heterocycles. The maximum Gasteiger partial charge on any atom is 0.404 e. The van der Waals surface area contributed by atoms with Gasteiger partial charge in [-0.2, -0.15) is 0 Å². The van der Waals surface area contributed by atoms with E-state index < -0.39 is 68.4 Å². The van der Waals surface area contributed by atoms with Crippen molar-refractivity contribution in [3.8, 4) is 0 Å². The van der Waals surface area contributed by atoms with Crippen LogP contribution in [0.5, 0.6) is 0 Å². The van der Waals surface area contributed by atoms with Gasteiger partial charge >= 0.3 is 6.09 Å². The number of carbonyl (C=O) groups excluding carboxylic acids is 4. The molecule has 2 aliphatic rings. The Kier molecular flexibility index (Phi) is 10.5. The molecule has 0 aliphatic carbocycles. The van der Waals surface area contributed by atoms with Crippen LogP contribution in [0.15, 0.2) is 0 Å². The Bertz CT molecular complexity index is 955. The van der Waals surface area contributed by atoms with Gasteiger partial charge < -0.3 is 40.8 Å². The van der Waals surface area contributed by atoms with Crippen LogP contribution in [0.3, 0.4) is 0 Å². The van der Waals surface area contributed by atoms with E-state index in [0.717, 1.165) is 0 Å². The first-order valence-electron chi connectivity index (χ1n) is 13.4. The average molecular weight is 572 g/mol. The number of nitrogens with two attached hydrogens (primary N) is 1. The fraction of sp³-hybridized carbons (Fsp3) is 0.800. The first-order valence-corrected chi connectivity index (χ1v) is 16.3. The molecule has 0 radical (unpaired) electrons. The van der Waals surface area contributed by atoms with Crippen LogP contribution < -0.4 is 16.4 Å². The summed E-state index contributed by atoms with van der Waals surface area (Å²) < 4.78 is 6.41. The van der Waals surface area contributed by atoms with Gasteiger partial charge in [-0.15, -0.1) is 0 Å². The van der Waals surface area contributed by atoms with Crippen molar-refractivity contribution in [2.45, 2.75) is 102 Å². The topological polar surface area (TPSA) is 192 Å². The van der Waals surface area contributed by atoms with Crippen molar-refractivity contribution < 1.29 is 38.6 Å². The number of aliphatic hydroxyl groups is 1. The highest BCUT2D eigenvalue weighted by atomic mass is 28.4. The van der Waals surface area contributed by atoms with Crippen molar-refractivity contribution in [1.82, 2.24) is 20.4 Å². The van der Waals surface area contributed by atoms with Crippen molar-refractivity contribution in [1.29, 1.82) is 0 Å². The van der Waals surface area contributed by atoms with E-state index in [1.807, 2.05) is 33.9 Å². The molecule has 6 atom stereocenters. The van der Waals surface area contributed by atoms with Crippen LogP contribution in [0.2, 0.25) is 18.1 Å². The van der Waals surface area contributed by atoms with E-state index in [9.17, 15) is 34.2 Å². The number of primary amides is 1. The van der Waals surface area contributed by atoms with Gasteiger partial charge in [-0.3, -0.25) is 19.2 Å². The number of carbonyl (C=O) groups is 5. The third kappa shape index (κ3) is 7.91. The van der Waals surface area contributed by atoms with Crippen molar-refractivity contribution >= 4 is 38.0 Å². The molecule has 0 aromatic carbocycles. The van der Waals surface area contributed by atoms with E-state index >= 15 is 0 Å². The normalized spacial score (nSPS) is 23.1. The molecular weight excluding hydrogens is 526 g/mol. The highest BCUT2D eigenvalue weighted by Crippen LogP contribution is 2.38. The lowest BCUT2D eigenvalue weighted by Crippen LogP contribution is -2.59. The van der Waals surface area contributed by atoms with Gasteiger partial charge in [-0.25, -0.2) is 4.79 Å². The number of hydrogen-bond acceptors (Lipinski definition) is 7. The minimum absolute atomic E-state index is 0.142. The monoisotopic (exact) mass is 571 g/mol. The van der Waals surface area contributed by atoms with Crippen LogP contribution in [0.4, 0.5) is 4.79 Å². The lowest BCUT2D eigenvalue weighted by atomic mass is 10.1. The highest BCUT2D eigenvalue weighted by molar-refractivity contribution is 6.74. The Morgan fingerprint density at radius 3 is 2.18 bits per heavy atom. The number of rotatable bonds is 10. The summed E-state index contributed by atoms with van der Waals surface area (Å²) in [6.07, 6.45) is -2.43. The molecule has 0 aromatic rings. The summed E-state index contributed by atoms with van der Waals surface area (Å²) in [6.45, 7) is 13.9. The summed E-state index contributed by atoms with van der Waals surface area (Å²) in [7, 11) is -2.49. The highest BCUT2D eigenvalue weighted by Gasteiger charge is 2.47. The summed E-state index contributed by atoms with van der Waals surface area (Å²) in [5, 5.41) is 23.7. The third-order valence-corrected chi connectivity index (χ3v) is 12.6. The second-order valence-electron chi connectivity index (χ2n) is 12.1. The SMILES string of the molecule is C[C@H](NC(=O)[C@H]1CCN(C(=O)[C@H]2CCCN2C(=O)[C@H](O[Si](C)(C)C(C)(C)C)[C@H](C)NC(=O)O)C1)[C@@H](O)C(N)=O. The van der Waals surface area contributed by atoms with Gasteiger partial charge in [0.15, 0.2) is 14.4 Å². The standard InChI is InChI=1S/C25H45N5O8Si/c1-14(18(31)20(26)32)27-21(33)16-10-12-29(13-16)22(34)17-9-8-11-30(17)23(35)19(15(2)28-24(36)37)38-39(6,7)25(3,4)5/h14-19,28,31H,8-13H2,1-7H3,(H2,26,32)(H,27,33)(H,36,37)/t14-,15-,16-,17+,18+,19+/m0/s1. The quantitative estimate of drug-likeness (QED) is 0.230. The van der Waals surface area contributed by atoms with Crippen molar-refractivity contribution in [3.05, 3.63) is 0 Å². The lowest BCUT2D eigenvalue weighted by Gasteiger charge is -2.41. The molecule has 2 heterocycles. The number of likely N-dealkylation sites (tertiary alicyclic amines) is 2. The second kappa shape index (κ2) is 12.6. The molecule has 6 N–H and O–H groups in total. The Morgan fingerprint density at radius 1 is 1.03 bits per heavy atom. The predicted octanol–water partition coefficient (Wildman–Crippen LogP) is 0.223. The first-order chi connectivity index (χ1) is 17.9. The van der Waals surface area contributed by atoms with E-state index in [0.29, 0.717) is 32.4 Å². The summed E-state index contributed by atoms with van der Waals surface area (Å²) in [6, 6.07) is -2.45. The second-order valence-corrected chi connectivity index (χ2v) is 16.9. The number of aliphatic hydroxyl groups excluding tert-OH is 1. The zero-order chi connectivity index (χ0) is 29.9. The van der Waals surface area contributed by atoms with Gasteiger partial charge in [0.1, 0.15) is 12.1 Å². The van der Waals surface area contributed by atoms with Crippen LogP contribution in [0.25, 0.3) is 0 Å². The van der Waals surface area contributed by atoms with Crippen LogP contribution in [0, 0.1) is 5.92 Å². The summed E-state index contributed by atoms with van der Waals surface area (Å²) in [5.41, 5.74) is 5.09. The van der Waals surface area contributed by atoms with Gasteiger partial charge in [0.25, 0.3) is 5.91 Å². The Morgan fingerprint density at radius 2 is 1.64 bits per heavy atom. The molecule has 0 spiro atoms. The zero-order valence-electron chi connectivity index (χ0n) is 24.0. The number of nitrogens with one attached hydrogen (secondary N) is 2. The van der Waals surface area contributed by atoms with Crippen molar-refractivity contribution in [2.75, 3.05) is 19.6 Å². The van der Waals surface area contributed by atoms with Crippen LogP contribution >= 0.6 is 0 Å². The largest absolute Gasteiger partial charge is 0.465 e. The van der Waals surface area contributed by atoms with E-state index in [1.54, 1.807) is 11.8 Å². The number of amides is 5. The van der Waals surface area contributed by atoms with Gasteiger partial charge in [0.05, 0.1) is 18.0 Å². The van der Waals surface area contributed by atoms with Crippen molar-refractivity contribution in [2.24, 2.45) is 11.7 Å². The smallest absolute Gasteiger partial charge is 0.404 e. The Labute approximate surface area is 230 Å². The minimum Gasteiger partial charge on any atom is -0.465 e. The lowest BCUT2D eigenvalue weighted by molar-refractivity contribution is -0.148. The van der Waals surface area contributed by atoms with E-state index in [-0.39, 0.29) is 17.5 Å². The summed E-state index contributed by atoms with van der Waals surface area (Å²) in [5.74, 6) is -2.57. The third-order valence-electron chi connectivity index (χ3n) is 8.10. The van der Waals surface area contributed by atoms with Gasteiger partial charge in [-0.05, 0) is 51.2 Å². The molecule has 0 bridgehead atoms. The zero-order valence-corrected chi connectivity index (χ0v) is 25.0. The maximum atomic E-state index is 13.8. The Balaban J connectivity index is 2.15. The molecular formula is C25H45N5O8Si. The molecule has 0 aromatic heterocycles. The molecule has 14 heteroatoms. The fourth-order valence-electron chi connectivity index (χ4n) is 4.63. The van der Waals surface area contributed by atoms with E-state index in [2.05, 4.69) is 10.6 Å². The van der Waals surface area contributed by atoms with Crippen LogP contribution in [-0.4, -0.2) is 108 Å². The molecule has 0 saturated carbocycles. The Hall–Kier alpha value is -2.71. The van der Waals surface area contributed by atoms with Gasteiger partial charge in [0.2, 0.25) is 17.7 Å². The number of carboxylic acid groups (broad SMARTS) is 1. The minimum atomic E-state index is -2.49. The fourth-order valence-corrected chi connectivity index (χ4v) is 5.93. The van der Waals surface area contributed by atoms with Crippen LogP contribution in [-0.2, 0) is 23.6 Å². The van der Waals surface area contributed by atoms with Gasteiger partial charge in [-0.1, -0.05) is 20.8 Å². The summed E-state index contributed by atoms with van der Waals surface area (Å²) >= 11 is 0. The molecule has 5 amide bonds. The number of nitrogens with zero attached hydrogens (tertiary/aromatic N) is 2. The predicted molar refractivity (Wildman–Crippen MR) is 145 cm³/mol. The average Bonchev–Trinajstić information content (AvgIpc) is 3.50. The van der Waals surface area contributed by atoms with E-state index in [4.69, 9.17) is 10.2 Å². The van der Waals surface area contributed by atoms with Gasteiger partial charge in [0, 0.05) is 19.6 Å². The van der Waals surface area contributed by atoms with Crippen LogP contribution in [0.1, 0.15) is 53.9 Å². The molecule has 39 heavy (non-hydrogen) atoms.